The molecule has 0 aliphatic heterocycles. The quantitative estimate of drug-likeness (QED) is 0.860. The number of hydrogen-bond acceptors (Lipinski definition) is 3. The zero-order valence-electron chi connectivity index (χ0n) is 10.3. The lowest BCUT2D eigenvalue weighted by Gasteiger charge is -2.11. The maximum absolute atomic E-state index is 12.8. The third kappa shape index (κ3) is 2.98. The molecule has 0 saturated heterocycles. The molecule has 0 heterocycles. The molecule has 0 bridgehead atoms. The van der Waals surface area contributed by atoms with Crippen LogP contribution in [0.2, 0.25) is 0 Å². The van der Waals surface area contributed by atoms with E-state index in [1.54, 1.807) is 24.3 Å². The highest BCUT2D eigenvalue weighted by Gasteiger charge is 2.19. The van der Waals surface area contributed by atoms with Crippen molar-refractivity contribution in [1.29, 1.82) is 0 Å². The minimum Gasteiger partial charge on any atom is -0.497 e. The van der Waals surface area contributed by atoms with Gasteiger partial charge in [0.25, 0.3) is 0 Å². The number of hydrogen-bond donors (Lipinski definition) is 1. The molecule has 0 amide bonds. The van der Waals surface area contributed by atoms with Crippen LogP contribution in [0.5, 0.6) is 5.75 Å². The van der Waals surface area contributed by atoms with E-state index in [4.69, 9.17) is 4.74 Å². The van der Waals surface area contributed by atoms with Gasteiger partial charge in [-0.15, -0.1) is 0 Å². The molecular formula is C15H13FO3. The van der Waals surface area contributed by atoms with Crippen LogP contribution in [0.1, 0.15) is 22.0 Å². The summed E-state index contributed by atoms with van der Waals surface area (Å²) >= 11 is 0. The van der Waals surface area contributed by atoms with E-state index in [9.17, 15) is 14.3 Å². The van der Waals surface area contributed by atoms with E-state index in [2.05, 4.69) is 0 Å². The highest BCUT2D eigenvalue weighted by Crippen LogP contribution is 2.22. The Hall–Kier alpha value is -2.20. The second kappa shape index (κ2) is 5.63. The molecule has 3 nitrogen and oxygen atoms in total. The Balaban J connectivity index is 2.25. The summed E-state index contributed by atoms with van der Waals surface area (Å²) in [7, 11) is 1.51. The Morgan fingerprint density at radius 3 is 2.53 bits per heavy atom. The molecule has 0 aliphatic rings. The van der Waals surface area contributed by atoms with Crippen molar-refractivity contribution in [2.45, 2.75) is 6.10 Å². The molecule has 2 aromatic carbocycles. The maximum Gasteiger partial charge on any atom is 0.195 e. The largest absolute Gasteiger partial charge is 0.497 e. The number of Topliss-reactive ketones (excluding diaryl/α,β-unsaturated/α-hetero) is 1. The van der Waals surface area contributed by atoms with Crippen LogP contribution < -0.4 is 4.74 Å². The summed E-state index contributed by atoms with van der Waals surface area (Å²) in [6, 6.07) is 11.7. The molecule has 0 saturated carbocycles. The first-order valence-electron chi connectivity index (χ1n) is 5.73. The number of carbonyl (C=O) groups excluding carboxylic acids is 1. The molecule has 0 spiro atoms. The van der Waals surface area contributed by atoms with Crippen LogP contribution in [0.25, 0.3) is 0 Å². The molecule has 19 heavy (non-hydrogen) atoms. The van der Waals surface area contributed by atoms with Gasteiger partial charge in [-0.25, -0.2) is 4.39 Å². The summed E-state index contributed by atoms with van der Waals surface area (Å²) in [5, 5.41) is 10.0. The smallest absolute Gasteiger partial charge is 0.195 e. The van der Waals surface area contributed by atoms with Crippen molar-refractivity contribution in [3.8, 4) is 5.75 Å². The zero-order chi connectivity index (χ0) is 13.8. The second-order valence-corrected chi connectivity index (χ2v) is 4.05. The predicted molar refractivity (Wildman–Crippen MR) is 68.7 cm³/mol. The number of ether oxygens (including phenoxy) is 1. The minimum atomic E-state index is -1.29. The Labute approximate surface area is 110 Å². The molecular weight excluding hydrogens is 247 g/mol. The molecule has 98 valence electrons. The van der Waals surface area contributed by atoms with Gasteiger partial charge >= 0.3 is 0 Å². The Morgan fingerprint density at radius 1 is 1.21 bits per heavy atom. The number of aliphatic hydroxyl groups excluding tert-OH is 1. The highest BCUT2D eigenvalue weighted by atomic mass is 19.1. The fourth-order valence-electron chi connectivity index (χ4n) is 1.74. The van der Waals surface area contributed by atoms with Crippen molar-refractivity contribution in [3.63, 3.8) is 0 Å². The van der Waals surface area contributed by atoms with Gasteiger partial charge in [0, 0.05) is 5.56 Å². The van der Waals surface area contributed by atoms with Crippen molar-refractivity contribution in [3.05, 3.63) is 65.5 Å². The van der Waals surface area contributed by atoms with E-state index in [1.807, 2.05) is 0 Å². The van der Waals surface area contributed by atoms with Gasteiger partial charge < -0.3 is 9.84 Å². The average molecular weight is 260 g/mol. The van der Waals surface area contributed by atoms with Crippen LogP contribution in [-0.4, -0.2) is 18.0 Å². The number of ketones is 1. The normalized spacial score (nSPS) is 11.9. The van der Waals surface area contributed by atoms with Crippen molar-refractivity contribution in [1.82, 2.24) is 0 Å². The SMILES string of the molecule is COc1cccc(C(O)C(=O)c2ccc(F)cc2)c1. The standard InChI is InChI=1S/C15H13FO3/c1-19-13-4-2-3-11(9-13)15(18)14(17)10-5-7-12(16)8-6-10/h2-9,15,18H,1H3. The fourth-order valence-corrected chi connectivity index (χ4v) is 1.74. The van der Waals surface area contributed by atoms with Gasteiger partial charge in [0.15, 0.2) is 5.78 Å². The van der Waals surface area contributed by atoms with Crippen molar-refractivity contribution >= 4 is 5.78 Å². The van der Waals surface area contributed by atoms with Gasteiger partial charge in [-0.2, -0.15) is 0 Å². The lowest BCUT2D eigenvalue weighted by molar-refractivity contribution is 0.0747. The first kappa shape index (κ1) is 13.2. The number of halogens is 1. The number of carbonyl (C=O) groups is 1. The monoisotopic (exact) mass is 260 g/mol. The summed E-state index contributed by atoms with van der Waals surface area (Å²) in [6.45, 7) is 0. The third-order valence-electron chi connectivity index (χ3n) is 2.79. The molecule has 2 aromatic rings. The van der Waals surface area contributed by atoms with E-state index in [0.29, 0.717) is 11.3 Å². The zero-order valence-corrected chi connectivity index (χ0v) is 10.3. The van der Waals surface area contributed by atoms with Crippen LogP contribution in [0.3, 0.4) is 0 Å². The highest BCUT2D eigenvalue weighted by molar-refractivity contribution is 5.99. The number of rotatable bonds is 4. The number of benzene rings is 2. The Morgan fingerprint density at radius 2 is 1.89 bits per heavy atom. The predicted octanol–water partition coefficient (Wildman–Crippen LogP) is 2.75. The van der Waals surface area contributed by atoms with E-state index >= 15 is 0 Å². The van der Waals surface area contributed by atoms with E-state index in [-0.39, 0.29) is 5.56 Å². The topological polar surface area (TPSA) is 46.5 Å². The van der Waals surface area contributed by atoms with Gasteiger partial charge in [-0.3, -0.25) is 4.79 Å². The van der Waals surface area contributed by atoms with Crippen LogP contribution in [0.15, 0.2) is 48.5 Å². The summed E-state index contributed by atoms with van der Waals surface area (Å²) in [6.07, 6.45) is -1.29. The van der Waals surface area contributed by atoms with Gasteiger partial charge in [0.05, 0.1) is 7.11 Å². The van der Waals surface area contributed by atoms with E-state index in [1.165, 1.54) is 31.4 Å². The Bertz CT molecular complexity index is 578. The van der Waals surface area contributed by atoms with E-state index < -0.39 is 17.7 Å². The van der Waals surface area contributed by atoms with Crippen molar-refractivity contribution in [2.75, 3.05) is 7.11 Å². The maximum atomic E-state index is 12.8. The molecule has 1 atom stereocenters. The van der Waals surface area contributed by atoms with Crippen LogP contribution in [-0.2, 0) is 0 Å². The van der Waals surface area contributed by atoms with Crippen LogP contribution in [0, 0.1) is 5.82 Å². The molecule has 1 unspecified atom stereocenters. The first-order valence-corrected chi connectivity index (χ1v) is 5.73. The van der Waals surface area contributed by atoms with Gasteiger partial charge in [-0.05, 0) is 42.0 Å². The van der Waals surface area contributed by atoms with E-state index in [0.717, 1.165) is 0 Å². The molecule has 0 aromatic heterocycles. The van der Waals surface area contributed by atoms with Gasteiger partial charge in [-0.1, -0.05) is 12.1 Å². The fraction of sp³-hybridized carbons (Fsp3) is 0.133. The summed E-state index contributed by atoms with van der Waals surface area (Å²) in [5.74, 6) is -0.343. The molecule has 0 fully saturated rings. The van der Waals surface area contributed by atoms with Crippen molar-refractivity contribution < 1.29 is 19.0 Å². The summed E-state index contributed by atoms with van der Waals surface area (Å²) in [4.78, 5) is 12.0. The molecule has 4 heteroatoms. The average Bonchev–Trinajstić information content (AvgIpc) is 2.46. The lowest BCUT2D eigenvalue weighted by Crippen LogP contribution is -2.12. The third-order valence-corrected chi connectivity index (χ3v) is 2.79. The van der Waals surface area contributed by atoms with Crippen molar-refractivity contribution in [2.24, 2.45) is 0 Å². The second-order valence-electron chi connectivity index (χ2n) is 4.05. The summed E-state index contributed by atoms with van der Waals surface area (Å²) < 4.78 is 17.8. The van der Waals surface area contributed by atoms with Crippen LogP contribution in [0.4, 0.5) is 4.39 Å². The van der Waals surface area contributed by atoms with Gasteiger partial charge in [0.1, 0.15) is 17.7 Å². The molecule has 1 N–H and O–H groups in total. The van der Waals surface area contributed by atoms with Gasteiger partial charge in [0.2, 0.25) is 0 Å². The number of aliphatic hydroxyl groups is 1. The lowest BCUT2D eigenvalue weighted by atomic mass is 10.00. The van der Waals surface area contributed by atoms with Crippen LogP contribution >= 0.6 is 0 Å². The number of methoxy groups -OCH3 is 1. The molecule has 0 aliphatic carbocycles. The Kier molecular flexibility index (Phi) is 3.92. The first-order chi connectivity index (χ1) is 9.11. The molecule has 2 rings (SSSR count). The molecule has 0 radical (unpaired) electrons. The summed E-state index contributed by atoms with van der Waals surface area (Å²) in [5.41, 5.74) is 0.699. The minimum absolute atomic E-state index is 0.261.